The van der Waals surface area contributed by atoms with Gasteiger partial charge in [-0.05, 0) is 40.2 Å². The van der Waals surface area contributed by atoms with Crippen LogP contribution < -0.4 is 5.56 Å². The van der Waals surface area contributed by atoms with E-state index in [9.17, 15) is 9.59 Å². The third-order valence-electron chi connectivity index (χ3n) is 3.88. The maximum absolute atomic E-state index is 13.0. The van der Waals surface area contributed by atoms with Crippen molar-refractivity contribution in [2.24, 2.45) is 0 Å². The Morgan fingerprint density at radius 2 is 2.00 bits per heavy atom. The molecular weight excluding hydrogens is 348 g/mol. The molecule has 0 saturated carbocycles. The summed E-state index contributed by atoms with van der Waals surface area (Å²) < 4.78 is 6.64. The molecule has 0 bridgehead atoms. The summed E-state index contributed by atoms with van der Waals surface area (Å²) in [7, 11) is 0. The summed E-state index contributed by atoms with van der Waals surface area (Å²) in [6, 6.07) is 8.04. The molecule has 136 valence electrons. The highest BCUT2D eigenvalue weighted by atomic mass is 32.1. The van der Waals surface area contributed by atoms with Gasteiger partial charge in [0.25, 0.3) is 5.56 Å². The fourth-order valence-electron chi connectivity index (χ4n) is 2.91. The molecule has 2 aromatic heterocycles. The highest BCUT2D eigenvalue weighted by Crippen LogP contribution is 2.35. The van der Waals surface area contributed by atoms with Crippen LogP contribution in [0.1, 0.15) is 31.2 Å². The van der Waals surface area contributed by atoms with E-state index in [4.69, 9.17) is 4.74 Å². The standard InChI is InChI=1S/C20H22N2O3S/c1-12-7-6-8-14(9-12)16-13(2)26-18-17(16)19(24)22(11-21-18)10-15(23)25-20(3,4)5/h6-9,11H,10H2,1-5H3. The van der Waals surface area contributed by atoms with E-state index < -0.39 is 11.6 Å². The Hall–Kier alpha value is -2.47. The number of thiophene rings is 1. The first-order chi connectivity index (χ1) is 12.2. The minimum Gasteiger partial charge on any atom is -0.459 e. The zero-order valence-corrected chi connectivity index (χ0v) is 16.4. The predicted molar refractivity (Wildman–Crippen MR) is 105 cm³/mol. The second-order valence-corrected chi connectivity index (χ2v) is 8.55. The fourth-order valence-corrected chi connectivity index (χ4v) is 3.91. The summed E-state index contributed by atoms with van der Waals surface area (Å²) in [6.45, 7) is 9.25. The zero-order chi connectivity index (χ0) is 19.1. The molecule has 0 N–H and O–H groups in total. The molecule has 0 aliphatic carbocycles. The average Bonchev–Trinajstić information content (AvgIpc) is 2.85. The van der Waals surface area contributed by atoms with E-state index in [1.165, 1.54) is 22.2 Å². The number of benzene rings is 1. The van der Waals surface area contributed by atoms with E-state index >= 15 is 0 Å². The highest BCUT2D eigenvalue weighted by Gasteiger charge is 2.20. The van der Waals surface area contributed by atoms with Gasteiger partial charge in [0.05, 0.1) is 11.7 Å². The Morgan fingerprint density at radius 3 is 2.65 bits per heavy atom. The lowest BCUT2D eigenvalue weighted by Gasteiger charge is -2.19. The van der Waals surface area contributed by atoms with Crippen LogP contribution in [0.4, 0.5) is 0 Å². The number of aromatic nitrogens is 2. The monoisotopic (exact) mass is 370 g/mol. The van der Waals surface area contributed by atoms with Crippen LogP contribution >= 0.6 is 11.3 Å². The van der Waals surface area contributed by atoms with Gasteiger partial charge in [0, 0.05) is 10.4 Å². The molecule has 5 nitrogen and oxygen atoms in total. The topological polar surface area (TPSA) is 61.2 Å². The molecule has 0 unspecified atom stereocenters. The van der Waals surface area contributed by atoms with Crippen molar-refractivity contribution in [2.45, 2.75) is 46.8 Å². The normalized spacial score (nSPS) is 11.7. The molecule has 6 heteroatoms. The number of ether oxygens (including phenoxy) is 1. The number of fused-ring (bicyclic) bond motifs is 1. The smallest absolute Gasteiger partial charge is 0.326 e. The Morgan fingerprint density at radius 1 is 1.27 bits per heavy atom. The van der Waals surface area contributed by atoms with Gasteiger partial charge >= 0.3 is 5.97 Å². The number of hydrogen-bond acceptors (Lipinski definition) is 5. The van der Waals surface area contributed by atoms with Crippen LogP contribution in [-0.4, -0.2) is 21.1 Å². The molecule has 3 aromatic rings. The number of rotatable bonds is 3. The van der Waals surface area contributed by atoms with E-state index in [-0.39, 0.29) is 12.1 Å². The number of aryl methyl sites for hydroxylation is 2. The highest BCUT2D eigenvalue weighted by molar-refractivity contribution is 7.19. The molecule has 0 aliphatic rings. The minimum absolute atomic E-state index is 0.152. The SMILES string of the molecule is Cc1cccc(-c2c(C)sc3ncn(CC(=O)OC(C)(C)C)c(=O)c23)c1. The van der Waals surface area contributed by atoms with Crippen molar-refractivity contribution in [2.75, 3.05) is 0 Å². The Balaban J connectivity index is 2.10. The van der Waals surface area contributed by atoms with Crippen molar-refractivity contribution < 1.29 is 9.53 Å². The molecule has 3 rings (SSSR count). The van der Waals surface area contributed by atoms with E-state index in [1.54, 1.807) is 20.8 Å². The van der Waals surface area contributed by atoms with E-state index in [0.717, 1.165) is 21.6 Å². The van der Waals surface area contributed by atoms with Crippen molar-refractivity contribution in [1.29, 1.82) is 0 Å². The van der Waals surface area contributed by atoms with Crippen LogP contribution in [0.3, 0.4) is 0 Å². The fraction of sp³-hybridized carbons (Fsp3) is 0.350. The number of nitrogens with zero attached hydrogens (tertiary/aromatic N) is 2. The van der Waals surface area contributed by atoms with Crippen molar-refractivity contribution in [3.8, 4) is 11.1 Å². The first-order valence-electron chi connectivity index (χ1n) is 8.43. The Bertz CT molecular complexity index is 1040. The molecule has 0 amide bonds. The first kappa shape index (κ1) is 18.3. The summed E-state index contributed by atoms with van der Waals surface area (Å²) in [6.07, 6.45) is 1.42. The van der Waals surface area contributed by atoms with Crippen LogP contribution in [0.15, 0.2) is 35.4 Å². The molecule has 1 aromatic carbocycles. The van der Waals surface area contributed by atoms with Crippen molar-refractivity contribution in [3.63, 3.8) is 0 Å². The number of esters is 1. The van der Waals surface area contributed by atoms with Crippen LogP contribution in [0.25, 0.3) is 21.3 Å². The second-order valence-electron chi connectivity index (χ2n) is 7.35. The quantitative estimate of drug-likeness (QED) is 0.652. The predicted octanol–water partition coefficient (Wildman–Crippen LogP) is 4.08. The number of carbonyl (C=O) groups is 1. The minimum atomic E-state index is -0.593. The molecule has 0 fully saturated rings. The molecule has 0 atom stereocenters. The van der Waals surface area contributed by atoms with Gasteiger partial charge in [-0.25, -0.2) is 4.98 Å². The van der Waals surface area contributed by atoms with Crippen molar-refractivity contribution >= 4 is 27.5 Å². The van der Waals surface area contributed by atoms with Crippen LogP contribution in [0.5, 0.6) is 0 Å². The van der Waals surface area contributed by atoms with Gasteiger partial charge in [-0.15, -0.1) is 11.3 Å². The molecule has 0 saturated heterocycles. The lowest BCUT2D eigenvalue weighted by atomic mass is 10.0. The first-order valence-corrected chi connectivity index (χ1v) is 9.25. The number of carbonyl (C=O) groups excluding carboxylic acids is 1. The van der Waals surface area contributed by atoms with Crippen LogP contribution in [0.2, 0.25) is 0 Å². The van der Waals surface area contributed by atoms with Crippen molar-refractivity contribution in [3.05, 3.63) is 51.4 Å². The summed E-state index contributed by atoms with van der Waals surface area (Å²) in [5.74, 6) is -0.454. The summed E-state index contributed by atoms with van der Waals surface area (Å²) >= 11 is 1.49. The van der Waals surface area contributed by atoms with Gasteiger partial charge in [0.15, 0.2) is 0 Å². The van der Waals surface area contributed by atoms with Crippen molar-refractivity contribution in [1.82, 2.24) is 9.55 Å². The molecule has 0 spiro atoms. The van der Waals surface area contributed by atoms with E-state index in [0.29, 0.717) is 10.2 Å². The van der Waals surface area contributed by atoms with E-state index in [1.807, 2.05) is 32.0 Å². The summed E-state index contributed by atoms with van der Waals surface area (Å²) in [4.78, 5) is 31.3. The molecule has 0 aliphatic heterocycles. The molecular formula is C20H22N2O3S. The lowest BCUT2D eigenvalue weighted by Crippen LogP contribution is -2.30. The third kappa shape index (κ3) is 3.70. The third-order valence-corrected chi connectivity index (χ3v) is 4.89. The maximum Gasteiger partial charge on any atom is 0.326 e. The van der Waals surface area contributed by atoms with Crippen LogP contribution in [0, 0.1) is 13.8 Å². The van der Waals surface area contributed by atoms with Gasteiger partial charge in [-0.3, -0.25) is 14.2 Å². The summed E-state index contributed by atoms with van der Waals surface area (Å²) in [5.41, 5.74) is 2.19. The number of hydrogen-bond donors (Lipinski definition) is 0. The zero-order valence-electron chi connectivity index (χ0n) is 15.6. The molecule has 0 radical (unpaired) electrons. The van der Waals surface area contributed by atoms with Gasteiger partial charge in [0.1, 0.15) is 17.0 Å². The van der Waals surface area contributed by atoms with Gasteiger partial charge in [-0.2, -0.15) is 0 Å². The summed E-state index contributed by atoms with van der Waals surface area (Å²) in [5, 5.41) is 0.559. The molecule has 26 heavy (non-hydrogen) atoms. The van der Waals surface area contributed by atoms with E-state index in [2.05, 4.69) is 11.1 Å². The average molecular weight is 370 g/mol. The maximum atomic E-state index is 13.0. The largest absolute Gasteiger partial charge is 0.459 e. The lowest BCUT2D eigenvalue weighted by molar-refractivity contribution is -0.155. The van der Waals surface area contributed by atoms with Crippen LogP contribution in [-0.2, 0) is 16.1 Å². The van der Waals surface area contributed by atoms with Gasteiger partial charge in [0.2, 0.25) is 0 Å². The Kier molecular flexibility index (Phi) is 4.71. The van der Waals surface area contributed by atoms with Gasteiger partial charge in [-0.1, -0.05) is 29.8 Å². The second kappa shape index (κ2) is 6.68. The Labute approximate surface area is 156 Å². The molecule has 2 heterocycles. The van der Waals surface area contributed by atoms with Gasteiger partial charge < -0.3 is 4.74 Å².